The molecule has 0 saturated heterocycles. The summed E-state index contributed by atoms with van der Waals surface area (Å²) in [5.41, 5.74) is 0.593. The van der Waals surface area contributed by atoms with E-state index in [2.05, 4.69) is 11.9 Å². The van der Waals surface area contributed by atoms with Crippen LogP contribution in [0.5, 0.6) is 0 Å². The molecule has 0 unspecified atom stereocenters. The maximum atomic E-state index is 11.1. The van der Waals surface area contributed by atoms with Crippen LogP contribution in [0, 0.1) is 0 Å². The van der Waals surface area contributed by atoms with Gasteiger partial charge in [0, 0.05) is 25.4 Å². The van der Waals surface area contributed by atoms with Crippen molar-refractivity contribution in [3.63, 3.8) is 0 Å². The lowest BCUT2D eigenvalue weighted by atomic mass is 10.3. The molecule has 1 aromatic heterocycles. The topological polar surface area (TPSA) is 67.6 Å². The molecule has 0 aliphatic rings. The van der Waals surface area contributed by atoms with Crippen LogP contribution in [-0.4, -0.2) is 52.8 Å². The molecule has 1 N–H and O–H groups in total. The van der Waals surface area contributed by atoms with Crippen molar-refractivity contribution in [3.05, 3.63) is 24.0 Å². The Labute approximate surface area is 113 Å². The first-order chi connectivity index (χ1) is 9.02. The SMILES string of the molecule is CCCn1cnc(C=C(OCCN(C)C)C(=O)O)c1. The van der Waals surface area contributed by atoms with E-state index in [4.69, 9.17) is 9.84 Å². The Kier molecular flexibility index (Phi) is 6.08. The second kappa shape index (κ2) is 7.58. The number of likely N-dealkylation sites (N-methyl/N-ethyl adjacent to an activating group) is 1. The van der Waals surface area contributed by atoms with E-state index in [9.17, 15) is 4.79 Å². The van der Waals surface area contributed by atoms with E-state index in [0.29, 0.717) is 18.8 Å². The van der Waals surface area contributed by atoms with Crippen molar-refractivity contribution < 1.29 is 14.6 Å². The van der Waals surface area contributed by atoms with Gasteiger partial charge in [-0.05, 0) is 20.5 Å². The summed E-state index contributed by atoms with van der Waals surface area (Å²) in [7, 11) is 3.81. The number of carbonyl (C=O) groups is 1. The third kappa shape index (κ3) is 5.56. The Morgan fingerprint density at radius 3 is 2.89 bits per heavy atom. The summed E-state index contributed by atoms with van der Waals surface area (Å²) in [6.07, 6.45) is 5.95. The predicted molar refractivity (Wildman–Crippen MR) is 72.6 cm³/mol. The number of carboxylic acids is 1. The number of aliphatic carboxylic acids is 1. The Bertz CT molecular complexity index is 438. The zero-order valence-electron chi connectivity index (χ0n) is 11.7. The second-order valence-electron chi connectivity index (χ2n) is 4.50. The van der Waals surface area contributed by atoms with Crippen molar-refractivity contribution in [1.29, 1.82) is 0 Å². The average Bonchev–Trinajstić information content (AvgIpc) is 2.75. The van der Waals surface area contributed by atoms with E-state index in [1.54, 1.807) is 6.33 Å². The lowest BCUT2D eigenvalue weighted by molar-refractivity contribution is -0.136. The highest BCUT2D eigenvalue weighted by Gasteiger charge is 2.10. The summed E-state index contributed by atoms with van der Waals surface area (Å²) in [5.74, 6) is -1.16. The van der Waals surface area contributed by atoms with Gasteiger partial charge in [0.15, 0.2) is 0 Å². The lowest BCUT2D eigenvalue weighted by Crippen LogP contribution is -2.19. The fourth-order valence-electron chi connectivity index (χ4n) is 1.47. The number of aromatic nitrogens is 2. The summed E-state index contributed by atoms with van der Waals surface area (Å²) >= 11 is 0. The Hall–Kier alpha value is -1.82. The molecule has 0 amide bonds. The van der Waals surface area contributed by atoms with Gasteiger partial charge < -0.3 is 19.3 Å². The number of nitrogens with zero attached hydrogens (tertiary/aromatic N) is 3. The van der Waals surface area contributed by atoms with E-state index >= 15 is 0 Å². The van der Waals surface area contributed by atoms with Gasteiger partial charge in [-0.3, -0.25) is 0 Å². The molecule has 1 heterocycles. The fraction of sp³-hybridized carbons (Fsp3) is 0.538. The predicted octanol–water partition coefficient (Wildman–Crippen LogP) is 1.30. The highest BCUT2D eigenvalue weighted by atomic mass is 16.5. The smallest absolute Gasteiger partial charge is 0.371 e. The van der Waals surface area contributed by atoms with Crippen LogP contribution in [0.25, 0.3) is 6.08 Å². The molecule has 6 heteroatoms. The second-order valence-corrected chi connectivity index (χ2v) is 4.50. The fourth-order valence-corrected chi connectivity index (χ4v) is 1.47. The number of hydrogen-bond acceptors (Lipinski definition) is 4. The molecule has 19 heavy (non-hydrogen) atoms. The maximum Gasteiger partial charge on any atom is 0.371 e. The van der Waals surface area contributed by atoms with Gasteiger partial charge in [0.25, 0.3) is 0 Å². The standard InChI is InChI=1S/C13H21N3O3/c1-4-5-16-9-11(14-10-16)8-12(13(17)18)19-7-6-15(2)3/h8-10H,4-7H2,1-3H3,(H,17,18). The molecule has 1 rings (SSSR count). The van der Waals surface area contributed by atoms with Gasteiger partial charge in [0.1, 0.15) is 6.61 Å². The van der Waals surface area contributed by atoms with Crippen LogP contribution in [-0.2, 0) is 16.1 Å². The Morgan fingerprint density at radius 1 is 1.58 bits per heavy atom. The molecule has 6 nitrogen and oxygen atoms in total. The molecule has 0 aliphatic heterocycles. The largest absolute Gasteiger partial charge is 0.485 e. The van der Waals surface area contributed by atoms with Crippen molar-refractivity contribution in [2.45, 2.75) is 19.9 Å². The molecule has 106 valence electrons. The molecule has 0 atom stereocenters. The highest BCUT2D eigenvalue weighted by Crippen LogP contribution is 2.07. The van der Waals surface area contributed by atoms with Crippen molar-refractivity contribution in [1.82, 2.24) is 14.5 Å². The molecule has 0 bridgehead atoms. The van der Waals surface area contributed by atoms with E-state index < -0.39 is 5.97 Å². The quantitative estimate of drug-likeness (QED) is 0.568. The molecule has 0 aromatic carbocycles. The minimum atomic E-state index is -1.08. The molecular weight excluding hydrogens is 246 g/mol. The monoisotopic (exact) mass is 267 g/mol. The van der Waals surface area contributed by atoms with E-state index in [1.165, 1.54) is 6.08 Å². The molecule has 0 fully saturated rings. The minimum absolute atomic E-state index is 0.0800. The number of imidazole rings is 1. The van der Waals surface area contributed by atoms with Crippen molar-refractivity contribution >= 4 is 12.0 Å². The number of ether oxygens (including phenoxy) is 1. The first-order valence-electron chi connectivity index (χ1n) is 6.27. The summed E-state index contributed by atoms with van der Waals surface area (Å²) in [6.45, 7) is 3.93. The van der Waals surface area contributed by atoms with Gasteiger partial charge in [-0.2, -0.15) is 0 Å². The van der Waals surface area contributed by atoms with Gasteiger partial charge in [0.2, 0.25) is 5.76 Å². The van der Waals surface area contributed by atoms with Crippen LogP contribution in [0.1, 0.15) is 19.0 Å². The molecular formula is C13H21N3O3. The molecule has 1 aromatic rings. The summed E-state index contributed by atoms with van der Waals surface area (Å²) in [5, 5.41) is 9.07. The zero-order chi connectivity index (χ0) is 14.3. The van der Waals surface area contributed by atoms with Crippen LogP contribution in [0.3, 0.4) is 0 Å². The average molecular weight is 267 g/mol. The molecule has 0 saturated carbocycles. The summed E-state index contributed by atoms with van der Waals surface area (Å²) in [4.78, 5) is 17.1. The van der Waals surface area contributed by atoms with Gasteiger partial charge >= 0.3 is 5.97 Å². The molecule has 0 aliphatic carbocycles. The van der Waals surface area contributed by atoms with Crippen molar-refractivity contribution in [3.8, 4) is 0 Å². The van der Waals surface area contributed by atoms with Crippen molar-refractivity contribution in [2.24, 2.45) is 0 Å². The Balaban J connectivity index is 2.68. The van der Waals surface area contributed by atoms with Gasteiger partial charge in [0.05, 0.1) is 12.0 Å². The summed E-state index contributed by atoms with van der Waals surface area (Å²) < 4.78 is 7.18. The first kappa shape index (κ1) is 15.2. The third-order valence-corrected chi connectivity index (χ3v) is 2.42. The van der Waals surface area contributed by atoms with Gasteiger partial charge in [-0.1, -0.05) is 6.92 Å². The van der Waals surface area contributed by atoms with E-state index in [1.807, 2.05) is 29.8 Å². The summed E-state index contributed by atoms with van der Waals surface area (Å²) in [6, 6.07) is 0. The van der Waals surface area contributed by atoms with Gasteiger partial charge in [-0.15, -0.1) is 0 Å². The highest BCUT2D eigenvalue weighted by molar-refractivity contribution is 5.89. The maximum absolute atomic E-state index is 11.1. The minimum Gasteiger partial charge on any atom is -0.485 e. The van der Waals surface area contributed by atoms with E-state index in [-0.39, 0.29) is 5.76 Å². The number of carboxylic acid groups (broad SMARTS) is 1. The normalized spacial score (nSPS) is 11.9. The zero-order valence-corrected chi connectivity index (χ0v) is 11.7. The van der Waals surface area contributed by atoms with Crippen LogP contribution in [0.15, 0.2) is 18.3 Å². The number of hydrogen-bond donors (Lipinski definition) is 1. The number of rotatable bonds is 8. The van der Waals surface area contributed by atoms with Gasteiger partial charge in [-0.25, -0.2) is 9.78 Å². The molecule has 0 spiro atoms. The third-order valence-electron chi connectivity index (χ3n) is 2.42. The molecule has 0 radical (unpaired) electrons. The van der Waals surface area contributed by atoms with Crippen molar-refractivity contribution in [2.75, 3.05) is 27.2 Å². The number of aryl methyl sites for hydroxylation is 1. The van der Waals surface area contributed by atoms with Crippen LogP contribution >= 0.6 is 0 Å². The van der Waals surface area contributed by atoms with E-state index in [0.717, 1.165) is 13.0 Å². The lowest BCUT2D eigenvalue weighted by Gasteiger charge is -2.10. The Morgan fingerprint density at radius 2 is 2.32 bits per heavy atom. The van der Waals surface area contributed by atoms with Crippen LogP contribution < -0.4 is 0 Å². The first-order valence-corrected chi connectivity index (χ1v) is 6.27. The van der Waals surface area contributed by atoms with Crippen LogP contribution in [0.4, 0.5) is 0 Å². The van der Waals surface area contributed by atoms with Crippen LogP contribution in [0.2, 0.25) is 0 Å².